The minimum atomic E-state index is -1.52. The van der Waals surface area contributed by atoms with E-state index in [1.165, 1.54) is 12.0 Å². The summed E-state index contributed by atoms with van der Waals surface area (Å²) < 4.78 is 5.65. The first-order chi connectivity index (χ1) is 6.11. The van der Waals surface area contributed by atoms with E-state index in [0.29, 0.717) is 5.54 Å². The van der Waals surface area contributed by atoms with E-state index in [1.54, 1.807) is 0 Å². The molecule has 0 aromatic rings. The molecule has 0 amide bonds. The Labute approximate surface area is 128 Å². The van der Waals surface area contributed by atoms with Crippen molar-refractivity contribution in [1.82, 2.24) is 0 Å². The van der Waals surface area contributed by atoms with Gasteiger partial charge in [0.05, 0.1) is 0 Å². The zero-order valence-corrected chi connectivity index (χ0v) is 14.6. The van der Waals surface area contributed by atoms with E-state index < -0.39 is 8.32 Å². The Balaban J connectivity index is -0.000000563. The Bertz CT molecular complexity index is 242. The van der Waals surface area contributed by atoms with Gasteiger partial charge in [-0.1, -0.05) is 13.3 Å². The molecule has 1 unspecified atom stereocenters. The maximum atomic E-state index is 5.65. The topological polar surface area (TPSA) is 9.23 Å². The minimum Gasteiger partial charge on any atom is -0.420 e. The van der Waals surface area contributed by atoms with Crippen LogP contribution in [0.1, 0.15) is 19.8 Å². The normalized spacial score (nSPS) is 15.4. The van der Waals surface area contributed by atoms with Crippen LogP contribution in [-0.2, 0) is 26.1 Å². The maximum Gasteiger partial charge on any atom is 0.190 e. The second-order valence-electron chi connectivity index (χ2n) is 4.01. The van der Waals surface area contributed by atoms with Crippen LogP contribution in [0.3, 0.4) is 0 Å². The molecule has 1 atom stereocenters. The summed E-state index contributed by atoms with van der Waals surface area (Å²) in [5, 5.41) is 0. The van der Waals surface area contributed by atoms with Gasteiger partial charge in [-0.2, -0.15) is 6.08 Å². The van der Waals surface area contributed by atoms with Crippen LogP contribution in [0.15, 0.2) is 17.7 Å². The van der Waals surface area contributed by atoms with Crippen molar-refractivity contribution in [3.8, 4) is 0 Å². The maximum absolute atomic E-state index is 5.65. The van der Waals surface area contributed by atoms with Crippen molar-refractivity contribution in [3.05, 3.63) is 23.8 Å². The number of rotatable bonds is 4. The van der Waals surface area contributed by atoms with Gasteiger partial charge in [0.15, 0.2) is 8.32 Å². The Kier molecular flexibility index (Phi) is 13.8. The molecule has 16 heavy (non-hydrogen) atoms. The van der Waals surface area contributed by atoms with Crippen molar-refractivity contribution >= 4 is 33.1 Å². The molecule has 0 fully saturated rings. The fraction of sp³-hybridized carbons (Fsp3) is 0.636. The monoisotopic (exact) mass is 315 g/mol. The quantitative estimate of drug-likeness (QED) is 0.559. The van der Waals surface area contributed by atoms with Crippen LogP contribution >= 0.6 is 24.8 Å². The fourth-order valence-corrected chi connectivity index (χ4v) is 4.10. The third-order valence-electron chi connectivity index (χ3n) is 2.87. The molecule has 0 spiro atoms. The van der Waals surface area contributed by atoms with Gasteiger partial charge in [-0.25, -0.2) is 11.6 Å². The zero-order valence-electron chi connectivity index (χ0n) is 10.4. The molecular formula is C11H21Cl2OSiTi-. The smallest absolute Gasteiger partial charge is 0.190 e. The van der Waals surface area contributed by atoms with E-state index >= 15 is 0 Å². The number of allylic oxidation sites excluding steroid dienone is 4. The predicted octanol–water partition coefficient (Wildman–Crippen LogP) is 4.15. The first-order valence-electron chi connectivity index (χ1n) is 4.94. The first-order valence-corrected chi connectivity index (χ1v) is 7.92. The van der Waals surface area contributed by atoms with E-state index in [4.69, 9.17) is 4.43 Å². The number of hydrogen-bond donors (Lipinski definition) is 0. The molecular weight excluding hydrogens is 295 g/mol. The summed E-state index contributed by atoms with van der Waals surface area (Å²) >= 11 is 0. The second kappa shape index (κ2) is 9.93. The van der Waals surface area contributed by atoms with Crippen molar-refractivity contribution in [2.75, 3.05) is 7.11 Å². The van der Waals surface area contributed by atoms with Gasteiger partial charge in [0.1, 0.15) is 0 Å². The van der Waals surface area contributed by atoms with Crippen LogP contribution in [0, 0.1) is 6.08 Å². The SMILES string of the molecule is CCC(C1=[C-]CC=C1)[Si](C)(C)OC.Cl.Cl.[Ti]. The summed E-state index contributed by atoms with van der Waals surface area (Å²) in [6.45, 7) is 6.79. The Morgan fingerprint density at radius 2 is 2.00 bits per heavy atom. The van der Waals surface area contributed by atoms with Crippen LogP contribution in [0.5, 0.6) is 0 Å². The largest absolute Gasteiger partial charge is 0.420 e. The van der Waals surface area contributed by atoms with Crippen LogP contribution in [-0.4, -0.2) is 15.4 Å². The van der Waals surface area contributed by atoms with Gasteiger partial charge >= 0.3 is 0 Å². The van der Waals surface area contributed by atoms with E-state index in [9.17, 15) is 0 Å². The summed E-state index contributed by atoms with van der Waals surface area (Å²) in [5.41, 5.74) is 1.98. The third kappa shape index (κ3) is 5.52. The van der Waals surface area contributed by atoms with Crippen molar-refractivity contribution in [1.29, 1.82) is 0 Å². The molecule has 0 saturated carbocycles. The molecule has 5 heteroatoms. The molecule has 1 rings (SSSR count). The number of halogens is 2. The standard InChI is InChI=1S/C11H19OSi.2ClH.Ti/c1-5-11(13(3,4)12-2)10-8-6-7-9-10;;;/h6,8,11H,5,7H2,1-4H3;2*1H;/q-1;;;. The molecule has 0 saturated heterocycles. The molecule has 0 aliphatic heterocycles. The summed E-state index contributed by atoms with van der Waals surface area (Å²) in [5.74, 6) is 0. The summed E-state index contributed by atoms with van der Waals surface area (Å²) in [6, 6.07) is 0. The van der Waals surface area contributed by atoms with Crippen molar-refractivity contribution in [3.63, 3.8) is 0 Å². The van der Waals surface area contributed by atoms with Crippen molar-refractivity contribution in [2.45, 2.75) is 38.4 Å². The third-order valence-corrected chi connectivity index (χ3v) is 6.32. The molecule has 1 nitrogen and oxygen atoms in total. The molecule has 0 N–H and O–H groups in total. The van der Waals surface area contributed by atoms with Gasteiger partial charge in [-0.3, -0.25) is 6.08 Å². The van der Waals surface area contributed by atoms with Gasteiger partial charge in [0, 0.05) is 28.8 Å². The van der Waals surface area contributed by atoms with Gasteiger partial charge in [-0.15, -0.1) is 31.2 Å². The Morgan fingerprint density at radius 3 is 2.31 bits per heavy atom. The van der Waals surface area contributed by atoms with Crippen LogP contribution in [0.4, 0.5) is 0 Å². The molecule has 0 heterocycles. The fourth-order valence-electron chi connectivity index (χ4n) is 1.89. The molecule has 0 bridgehead atoms. The van der Waals surface area contributed by atoms with Crippen molar-refractivity contribution in [2.24, 2.45) is 0 Å². The minimum absolute atomic E-state index is 0. The van der Waals surface area contributed by atoms with Gasteiger partial charge in [0.25, 0.3) is 0 Å². The summed E-state index contributed by atoms with van der Waals surface area (Å²) in [7, 11) is 0.319. The van der Waals surface area contributed by atoms with Crippen LogP contribution in [0.2, 0.25) is 18.6 Å². The summed E-state index contributed by atoms with van der Waals surface area (Å²) in [4.78, 5) is 0. The number of hydrogen-bond acceptors (Lipinski definition) is 1. The zero-order chi connectivity index (χ0) is 9.90. The molecule has 1 aliphatic carbocycles. The predicted molar refractivity (Wildman–Crippen MR) is 73.5 cm³/mol. The van der Waals surface area contributed by atoms with Gasteiger partial charge < -0.3 is 4.43 Å². The van der Waals surface area contributed by atoms with E-state index in [2.05, 4.69) is 38.2 Å². The molecule has 1 aliphatic rings. The van der Waals surface area contributed by atoms with Crippen LogP contribution in [0.25, 0.3) is 0 Å². The first kappa shape index (κ1) is 22.2. The molecule has 94 valence electrons. The van der Waals surface area contributed by atoms with E-state index in [-0.39, 0.29) is 46.5 Å². The van der Waals surface area contributed by atoms with Crippen LogP contribution < -0.4 is 0 Å². The molecule has 0 aromatic heterocycles. The second-order valence-corrected chi connectivity index (χ2v) is 8.32. The van der Waals surface area contributed by atoms with E-state index in [1.807, 2.05) is 7.11 Å². The Morgan fingerprint density at radius 1 is 1.44 bits per heavy atom. The van der Waals surface area contributed by atoms with E-state index in [0.717, 1.165) is 6.42 Å². The average Bonchev–Trinajstić information content (AvgIpc) is 2.58. The molecule has 0 radical (unpaired) electrons. The van der Waals surface area contributed by atoms with Gasteiger partial charge in [0.2, 0.25) is 0 Å². The van der Waals surface area contributed by atoms with Crippen molar-refractivity contribution < 1.29 is 26.1 Å². The molecule has 0 aromatic carbocycles. The van der Waals surface area contributed by atoms with Gasteiger partial charge in [-0.05, 0) is 18.6 Å². The average molecular weight is 316 g/mol. The Hall–Kier alpha value is 0.951. The summed E-state index contributed by atoms with van der Waals surface area (Å²) in [6.07, 6.45) is 9.95.